The maximum Gasteiger partial charge on any atom is 0.338 e. The number of ether oxygens (including phenoxy) is 1. The Hall–Kier alpha value is -3.80. The Morgan fingerprint density at radius 1 is 0.871 bits per heavy atom. The standard InChI is InChI=1S/C25H24N4O2/c1-25(2,3)31-24(30)20-15-13-19(14-16-20)21-11-7-8-12-22(21)23-26-27-28-29(23)17-18-9-5-4-6-10-18/h4-16H,17H2,1-3H3. The normalized spacial score (nSPS) is 11.3. The van der Waals surface area contributed by atoms with E-state index in [2.05, 4.69) is 15.5 Å². The molecule has 156 valence electrons. The molecule has 6 heteroatoms. The van der Waals surface area contributed by atoms with Gasteiger partial charge in [0.25, 0.3) is 0 Å². The third-order valence-corrected chi connectivity index (χ3v) is 4.71. The van der Waals surface area contributed by atoms with Crippen molar-refractivity contribution < 1.29 is 9.53 Å². The first-order valence-electron chi connectivity index (χ1n) is 10.1. The molecule has 0 saturated carbocycles. The summed E-state index contributed by atoms with van der Waals surface area (Å²) in [7, 11) is 0. The van der Waals surface area contributed by atoms with E-state index in [4.69, 9.17) is 4.74 Å². The molecular formula is C25H24N4O2. The summed E-state index contributed by atoms with van der Waals surface area (Å²) in [6.45, 7) is 6.15. The summed E-state index contributed by atoms with van der Waals surface area (Å²) in [5.74, 6) is 0.356. The fraction of sp³-hybridized carbons (Fsp3) is 0.200. The summed E-state index contributed by atoms with van der Waals surface area (Å²) < 4.78 is 7.25. The molecule has 0 radical (unpaired) electrons. The lowest BCUT2D eigenvalue weighted by atomic mass is 9.98. The molecule has 6 nitrogen and oxygen atoms in total. The molecule has 4 aromatic rings. The minimum Gasteiger partial charge on any atom is -0.456 e. The summed E-state index contributed by atoms with van der Waals surface area (Å²) in [6.07, 6.45) is 0. The molecule has 0 saturated heterocycles. The molecule has 3 aromatic carbocycles. The van der Waals surface area contributed by atoms with Crippen LogP contribution in [0.15, 0.2) is 78.9 Å². The minimum absolute atomic E-state index is 0.334. The molecule has 1 aromatic heterocycles. The van der Waals surface area contributed by atoms with Crippen LogP contribution in [0.25, 0.3) is 22.5 Å². The van der Waals surface area contributed by atoms with Crippen molar-refractivity contribution in [2.75, 3.05) is 0 Å². The zero-order valence-corrected chi connectivity index (χ0v) is 17.8. The SMILES string of the molecule is CC(C)(C)OC(=O)c1ccc(-c2ccccc2-c2nnnn2Cc2ccccc2)cc1. The van der Waals surface area contributed by atoms with Gasteiger partial charge in [-0.3, -0.25) is 0 Å². The van der Waals surface area contributed by atoms with Gasteiger partial charge in [0.05, 0.1) is 12.1 Å². The maximum atomic E-state index is 12.3. The number of benzene rings is 3. The first-order chi connectivity index (χ1) is 14.9. The second-order valence-corrected chi connectivity index (χ2v) is 8.27. The summed E-state index contributed by atoms with van der Waals surface area (Å²) in [4.78, 5) is 12.3. The van der Waals surface area contributed by atoms with Gasteiger partial charge in [-0.2, -0.15) is 0 Å². The van der Waals surface area contributed by atoms with E-state index in [1.807, 2.05) is 87.5 Å². The number of carbonyl (C=O) groups excluding carboxylic acids is 1. The van der Waals surface area contributed by atoms with Gasteiger partial charge in [0.2, 0.25) is 0 Å². The van der Waals surface area contributed by atoms with Crippen molar-refractivity contribution in [1.29, 1.82) is 0 Å². The molecule has 0 aliphatic carbocycles. The van der Waals surface area contributed by atoms with Crippen LogP contribution in [0, 0.1) is 0 Å². The van der Waals surface area contributed by atoms with Crippen molar-refractivity contribution in [3.63, 3.8) is 0 Å². The molecule has 0 aliphatic heterocycles. The van der Waals surface area contributed by atoms with E-state index < -0.39 is 5.60 Å². The molecule has 1 heterocycles. The molecule has 0 fully saturated rings. The summed E-state index contributed by atoms with van der Waals surface area (Å²) in [5, 5.41) is 12.4. The van der Waals surface area contributed by atoms with Crippen LogP contribution in [0.3, 0.4) is 0 Å². The van der Waals surface area contributed by atoms with Crippen molar-refractivity contribution in [1.82, 2.24) is 20.2 Å². The van der Waals surface area contributed by atoms with E-state index >= 15 is 0 Å². The number of hydrogen-bond donors (Lipinski definition) is 0. The van der Waals surface area contributed by atoms with Crippen molar-refractivity contribution >= 4 is 5.97 Å². The molecule has 0 unspecified atom stereocenters. The fourth-order valence-corrected chi connectivity index (χ4v) is 3.31. The number of tetrazole rings is 1. The molecule has 0 atom stereocenters. The van der Waals surface area contributed by atoms with Gasteiger partial charge < -0.3 is 4.74 Å². The highest BCUT2D eigenvalue weighted by Gasteiger charge is 2.19. The van der Waals surface area contributed by atoms with Crippen LogP contribution in [0.4, 0.5) is 0 Å². The Kier molecular flexibility index (Phi) is 5.62. The highest BCUT2D eigenvalue weighted by Crippen LogP contribution is 2.31. The largest absolute Gasteiger partial charge is 0.456 e. The lowest BCUT2D eigenvalue weighted by Crippen LogP contribution is -2.23. The predicted molar refractivity (Wildman–Crippen MR) is 119 cm³/mol. The fourth-order valence-electron chi connectivity index (χ4n) is 3.31. The zero-order chi connectivity index (χ0) is 21.8. The third kappa shape index (κ3) is 4.86. The van der Waals surface area contributed by atoms with E-state index in [-0.39, 0.29) is 5.97 Å². The molecule has 0 bridgehead atoms. The minimum atomic E-state index is -0.530. The van der Waals surface area contributed by atoms with Gasteiger partial charge in [-0.25, -0.2) is 9.48 Å². The van der Waals surface area contributed by atoms with E-state index in [0.29, 0.717) is 17.9 Å². The zero-order valence-electron chi connectivity index (χ0n) is 17.8. The lowest BCUT2D eigenvalue weighted by Gasteiger charge is -2.19. The summed E-state index contributed by atoms with van der Waals surface area (Å²) in [6, 6.07) is 25.5. The van der Waals surface area contributed by atoms with Gasteiger partial charge >= 0.3 is 5.97 Å². The topological polar surface area (TPSA) is 69.9 Å². The Morgan fingerprint density at radius 2 is 1.52 bits per heavy atom. The highest BCUT2D eigenvalue weighted by molar-refractivity contribution is 5.91. The first-order valence-corrected chi connectivity index (χ1v) is 10.1. The Bertz CT molecular complexity index is 1180. The van der Waals surface area contributed by atoms with Gasteiger partial charge in [-0.05, 0) is 60.0 Å². The highest BCUT2D eigenvalue weighted by atomic mass is 16.6. The average molecular weight is 412 g/mol. The molecule has 4 rings (SSSR count). The number of nitrogens with zero attached hydrogens (tertiary/aromatic N) is 4. The van der Waals surface area contributed by atoms with Gasteiger partial charge in [0.1, 0.15) is 5.60 Å². The number of esters is 1. The van der Waals surface area contributed by atoms with Gasteiger partial charge in [-0.15, -0.1) is 5.10 Å². The monoisotopic (exact) mass is 412 g/mol. The van der Waals surface area contributed by atoms with Crippen molar-refractivity contribution in [2.45, 2.75) is 32.9 Å². The van der Waals surface area contributed by atoms with Crippen LogP contribution in [0.1, 0.15) is 36.7 Å². The summed E-state index contributed by atoms with van der Waals surface area (Å²) >= 11 is 0. The quantitative estimate of drug-likeness (QED) is 0.431. The van der Waals surface area contributed by atoms with Crippen LogP contribution < -0.4 is 0 Å². The molecule has 0 amide bonds. The second kappa shape index (κ2) is 8.52. The van der Waals surface area contributed by atoms with E-state index in [1.54, 1.807) is 16.8 Å². The van der Waals surface area contributed by atoms with Crippen molar-refractivity contribution in [3.8, 4) is 22.5 Å². The molecule has 0 spiro atoms. The van der Waals surface area contributed by atoms with Crippen LogP contribution in [-0.2, 0) is 11.3 Å². The van der Waals surface area contributed by atoms with Gasteiger partial charge in [-0.1, -0.05) is 66.7 Å². The lowest BCUT2D eigenvalue weighted by molar-refractivity contribution is 0.00695. The maximum absolute atomic E-state index is 12.3. The molecular weight excluding hydrogens is 388 g/mol. The van der Waals surface area contributed by atoms with Crippen LogP contribution in [0.2, 0.25) is 0 Å². The van der Waals surface area contributed by atoms with Gasteiger partial charge in [0.15, 0.2) is 5.82 Å². The van der Waals surface area contributed by atoms with E-state index in [0.717, 1.165) is 22.3 Å². The number of carbonyl (C=O) groups is 1. The predicted octanol–water partition coefficient (Wildman–Crippen LogP) is 5.01. The Morgan fingerprint density at radius 3 is 2.19 bits per heavy atom. The molecule has 0 aliphatic rings. The molecule has 0 N–H and O–H groups in total. The van der Waals surface area contributed by atoms with Crippen LogP contribution in [0.5, 0.6) is 0 Å². The summed E-state index contributed by atoms with van der Waals surface area (Å²) in [5.41, 5.74) is 3.99. The number of aromatic nitrogens is 4. The smallest absolute Gasteiger partial charge is 0.338 e. The van der Waals surface area contributed by atoms with Crippen LogP contribution >= 0.6 is 0 Å². The Balaban J connectivity index is 1.65. The third-order valence-electron chi connectivity index (χ3n) is 4.71. The van der Waals surface area contributed by atoms with Gasteiger partial charge in [0, 0.05) is 5.56 Å². The van der Waals surface area contributed by atoms with E-state index in [9.17, 15) is 4.79 Å². The second-order valence-electron chi connectivity index (χ2n) is 8.27. The Labute approximate surface area is 181 Å². The average Bonchev–Trinajstić information content (AvgIpc) is 3.21. The number of rotatable bonds is 5. The number of hydrogen-bond acceptors (Lipinski definition) is 5. The molecule has 31 heavy (non-hydrogen) atoms. The van der Waals surface area contributed by atoms with Crippen molar-refractivity contribution in [3.05, 3.63) is 90.0 Å². The van der Waals surface area contributed by atoms with Crippen LogP contribution in [-0.4, -0.2) is 31.8 Å². The first kappa shape index (κ1) is 20.5. The van der Waals surface area contributed by atoms with E-state index in [1.165, 1.54) is 0 Å². The van der Waals surface area contributed by atoms with Crippen molar-refractivity contribution in [2.24, 2.45) is 0 Å².